The van der Waals surface area contributed by atoms with Gasteiger partial charge in [-0.15, -0.1) is 0 Å². The molecule has 0 unspecified atom stereocenters. The van der Waals surface area contributed by atoms with Gasteiger partial charge in [-0.2, -0.15) is 23.3 Å². The third-order valence-corrected chi connectivity index (χ3v) is 2.99. The fourth-order valence-electron chi connectivity index (χ4n) is 1.96. The van der Waals surface area contributed by atoms with E-state index in [4.69, 9.17) is 0 Å². The predicted molar refractivity (Wildman–Crippen MR) is 70.8 cm³/mol. The molecule has 0 atom stereocenters. The monoisotopic (exact) mass is 308 g/mol. The molecule has 0 radical (unpaired) electrons. The van der Waals surface area contributed by atoms with Gasteiger partial charge in [0.1, 0.15) is 0 Å². The van der Waals surface area contributed by atoms with Gasteiger partial charge in [-0.05, 0) is 18.1 Å². The van der Waals surface area contributed by atoms with E-state index in [2.05, 4.69) is 19.8 Å². The van der Waals surface area contributed by atoms with Crippen LogP contribution >= 0.6 is 0 Å². The van der Waals surface area contributed by atoms with E-state index >= 15 is 0 Å². The Morgan fingerprint density at radius 2 is 1.91 bits per heavy atom. The SMILES string of the molecule is Cc1cnn(Cc2ccc(-c3noc(C(F)(F)F)n3)cc2)c1. The molecular formula is C14H11F3N4O. The Labute approximate surface area is 123 Å². The molecule has 0 N–H and O–H groups in total. The molecule has 0 aliphatic rings. The van der Waals surface area contributed by atoms with Crippen molar-refractivity contribution in [2.24, 2.45) is 0 Å². The second-order valence-electron chi connectivity index (χ2n) is 4.83. The zero-order valence-electron chi connectivity index (χ0n) is 11.5. The smallest absolute Gasteiger partial charge is 0.329 e. The first-order chi connectivity index (χ1) is 10.4. The van der Waals surface area contributed by atoms with Crippen molar-refractivity contribution >= 4 is 0 Å². The molecule has 0 aliphatic heterocycles. The summed E-state index contributed by atoms with van der Waals surface area (Å²) >= 11 is 0. The van der Waals surface area contributed by atoms with E-state index in [0.717, 1.165) is 11.1 Å². The van der Waals surface area contributed by atoms with Gasteiger partial charge in [0.05, 0.1) is 12.7 Å². The average molecular weight is 308 g/mol. The van der Waals surface area contributed by atoms with E-state index in [-0.39, 0.29) is 5.82 Å². The number of aryl methyl sites for hydroxylation is 1. The lowest BCUT2D eigenvalue weighted by Gasteiger charge is -2.02. The normalized spacial score (nSPS) is 11.8. The van der Waals surface area contributed by atoms with Crippen molar-refractivity contribution in [3.05, 3.63) is 53.7 Å². The number of alkyl halides is 3. The van der Waals surface area contributed by atoms with Gasteiger partial charge in [0, 0.05) is 11.8 Å². The molecule has 0 saturated carbocycles. The van der Waals surface area contributed by atoms with Crippen LogP contribution in [0.1, 0.15) is 17.0 Å². The third kappa shape index (κ3) is 3.00. The highest BCUT2D eigenvalue weighted by atomic mass is 19.4. The van der Waals surface area contributed by atoms with Crippen LogP contribution in [0.3, 0.4) is 0 Å². The van der Waals surface area contributed by atoms with E-state index in [1.165, 1.54) is 0 Å². The largest absolute Gasteiger partial charge is 0.471 e. The van der Waals surface area contributed by atoms with Crippen LogP contribution in [0.4, 0.5) is 13.2 Å². The van der Waals surface area contributed by atoms with Crippen molar-refractivity contribution in [2.45, 2.75) is 19.6 Å². The lowest BCUT2D eigenvalue weighted by atomic mass is 10.1. The second kappa shape index (κ2) is 5.28. The summed E-state index contributed by atoms with van der Waals surface area (Å²) in [5.74, 6) is -1.44. The minimum atomic E-state index is -4.64. The van der Waals surface area contributed by atoms with Gasteiger partial charge < -0.3 is 4.52 Å². The fraction of sp³-hybridized carbons (Fsp3) is 0.214. The Morgan fingerprint density at radius 3 is 2.45 bits per heavy atom. The molecule has 0 aliphatic carbocycles. The van der Waals surface area contributed by atoms with E-state index in [1.807, 2.05) is 13.1 Å². The van der Waals surface area contributed by atoms with E-state index in [9.17, 15) is 13.2 Å². The number of nitrogens with zero attached hydrogens (tertiary/aromatic N) is 4. The third-order valence-electron chi connectivity index (χ3n) is 2.99. The summed E-state index contributed by atoms with van der Waals surface area (Å²) < 4.78 is 43.2. The van der Waals surface area contributed by atoms with Gasteiger partial charge in [-0.1, -0.05) is 29.4 Å². The lowest BCUT2D eigenvalue weighted by Crippen LogP contribution is -2.04. The first-order valence-corrected chi connectivity index (χ1v) is 6.41. The molecule has 0 fully saturated rings. The Balaban J connectivity index is 1.78. The number of halogens is 3. The summed E-state index contributed by atoms with van der Waals surface area (Å²) in [6, 6.07) is 6.87. The Bertz CT molecular complexity index is 774. The van der Waals surface area contributed by atoms with E-state index in [1.54, 1.807) is 35.1 Å². The zero-order chi connectivity index (χ0) is 15.7. The van der Waals surface area contributed by atoms with Crippen molar-refractivity contribution in [3.8, 4) is 11.4 Å². The second-order valence-corrected chi connectivity index (χ2v) is 4.83. The molecule has 8 heteroatoms. The molecular weight excluding hydrogens is 297 g/mol. The molecule has 0 bridgehead atoms. The van der Waals surface area contributed by atoms with Gasteiger partial charge in [0.2, 0.25) is 5.82 Å². The number of hydrogen-bond acceptors (Lipinski definition) is 4. The lowest BCUT2D eigenvalue weighted by molar-refractivity contribution is -0.159. The molecule has 2 aromatic heterocycles. The predicted octanol–water partition coefficient (Wildman–Crippen LogP) is 3.31. The maximum absolute atomic E-state index is 12.4. The van der Waals surface area contributed by atoms with Crippen LogP contribution in [-0.4, -0.2) is 19.9 Å². The summed E-state index contributed by atoms with van der Waals surface area (Å²) in [6.07, 6.45) is -0.974. The van der Waals surface area contributed by atoms with Crippen molar-refractivity contribution in [3.63, 3.8) is 0 Å². The van der Waals surface area contributed by atoms with Gasteiger partial charge in [0.15, 0.2) is 0 Å². The average Bonchev–Trinajstić information content (AvgIpc) is 3.08. The topological polar surface area (TPSA) is 56.7 Å². The molecule has 0 spiro atoms. The molecule has 0 saturated heterocycles. The molecule has 5 nitrogen and oxygen atoms in total. The van der Waals surface area contributed by atoms with Gasteiger partial charge >= 0.3 is 12.1 Å². The summed E-state index contributed by atoms with van der Waals surface area (Å²) in [5, 5.41) is 7.52. The first-order valence-electron chi connectivity index (χ1n) is 6.41. The first kappa shape index (κ1) is 14.3. The van der Waals surface area contributed by atoms with Crippen molar-refractivity contribution < 1.29 is 17.7 Å². The highest BCUT2D eigenvalue weighted by molar-refractivity contribution is 5.54. The molecule has 2 heterocycles. The zero-order valence-corrected chi connectivity index (χ0v) is 11.5. The van der Waals surface area contributed by atoms with Crippen molar-refractivity contribution in [1.29, 1.82) is 0 Å². The maximum atomic E-state index is 12.4. The molecule has 3 aromatic rings. The van der Waals surface area contributed by atoms with Crippen LogP contribution in [0.15, 0.2) is 41.2 Å². The van der Waals surface area contributed by atoms with E-state index in [0.29, 0.717) is 12.1 Å². The van der Waals surface area contributed by atoms with Gasteiger partial charge in [0.25, 0.3) is 0 Å². The number of aromatic nitrogens is 4. The molecule has 1 aromatic carbocycles. The summed E-state index contributed by atoms with van der Waals surface area (Å²) in [6.45, 7) is 2.52. The highest BCUT2D eigenvalue weighted by Gasteiger charge is 2.38. The minimum Gasteiger partial charge on any atom is -0.329 e. The van der Waals surface area contributed by atoms with Crippen LogP contribution < -0.4 is 0 Å². The van der Waals surface area contributed by atoms with Crippen molar-refractivity contribution in [2.75, 3.05) is 0 Å². The Morgan fingerprint density at radius 1 is 1.18 bits per heavy atom. The fourth-order valence-corrected chi connectivity index (χ4v) is 1.96. The van der Waals surface area contributed by atoms with Crippen LogP contribution in [-0.2, 0) is 12.7 Å². The highest BCUT2D eigenvalue weighted by Crippen LogP contribution is 2.29. The Hall–Kier alpha value is -2.64. The summed E-state index contributed by atoms with van der Waals surface area (Å²) in [4.78, 5) is 3.35. The molecule has 0 amide bonds. The molecule has 3 rings (SSSR count). The Kier molecular flexibility index (Phi) is 3.44. The number of hydrogen-bond donors (Lipinski definition) is 0. The van der Waals surface area contributed by atoms with Crippen LogP contribution in [0, 0.1) is 6.92 Å². The number of rotatable bonds is 3. The quantitative estimate of drug-likeness (QED) is 0.745. The van der Waals surface area contributed by atoms with Gasteiger partial charge in [-0.3, -0.25) is 4.68 Å². The van der Waals surface area contributed by atoms with Crippen LogP contribution in [0.25, 0.3) is 11.4 Å². The molecule has 22 heavy (non-hydrogen) atoms. The molecule has 114 valence electrons. The number of benzene rings is 1. The van der Waals surface area contributed by atoms with Crippen LogP contribution in [0.5, 0.6) is 0 Å². The standard InChI is InChI=1S/C14H11F3N4O/c1-9-6-18-21(7-9)8-10-2-4-11(5-3-10)12-19-13(22-20-12)14(15,16)17/h2-7H,8H2,1H3. The minimum absolute atomic E-state index is 0.0891. The van der Waals surface area contributed by atoms with Crippen molar-refractivity contribution in [1.82, 2.24) is 19.9 Å². The van der Waals surface area contributed by atoms with Crippen LogP contribution in [0.2, 0.25) is 0 Å². The maximum Gasteiger partial charge on any atom is 0.471 e. The summed E-state index contributed by atoms with van der Waals surface area (Å²) in [5.41, 5.74) is 2.48. The summed E-state index contributed by atoms with van der Waals surface area (Å²) in [7, 11) is 0. The van der Waals surface area contributed by atoms with Gasteiger partial charge in [-0.25, -0.2) is 0 Å². The van der Waals surface area contributed by atoms with E-state index < -0.39 is 12.1 Å².